The first kappa shape index (κ1) is 13.6. The van der Waals surface area contributed by atoms with Crippen LogP contribution in [0, 0.1) is 12.8 Å². The first-order valence-electron chi connectivity index (χ1n) is 6.55. The molecule has 0 aliphatic heterocycles. The predicted octanol–water partition coefficient (Wildman–Crippen LogP) is 1.85. The molecule has 19 heavy (non-hydrogen) atoms. The lowest BCUT2D eigenvalue weighted by Gasteiger charge is -2.17. The minimum Gasteiger partial charge on any atom is -0.481 e. The molecule has 1 saturated carbocycles. The third kappa shape index (κ3) is 4.08. The topological polar surface area (TPSA) is 84.3 Å². The number of carboxylic acids is 1. The fourth-order valence-corrected chi connectivity index (χ4v) is 2.05. The zero-order chi connectivity index (χ0) is 13.8. The molecule has 2 rings (SSSR count). The number of anilines is 1. The van der Waals surface area contributed by atoms with Crippen LogP contribution in [-0.2, 0) is 4.79 Å². The molecule has 0 amide bonds. The molecule has 1 fully saturated rings. The van der Waals surface area contributed by atoms with E-state index in [4.69, 9.17) is 9.84 Å². The third-order valence-corrected chi connectivity index (χ3v) is 3.03. The molecule has 1 atom stereocenters. The number of nitrogens with zero attached hydrogens (tertiary/aromatic N) is 2. The number of carboxylic acid groups (broad SMARTS) is 1. The van der Waals surface area contributed by atoms with Gasteiger partial charge in [-0.3, -0.25) is 4.79 Å². The molecule has 0 bridgehead atoms. The maximum absolute atomic E-state index is 10.9. The summed E-state index contributed by atoms with van der Waals surface area (Å²) in [7, 11) is 0. The molecule has 1 heterocycles. The van der Waals surface area contributed by atoms with Gasteiger partial charge in [-0.2, -0.15) is 4.98 Å². The zero-order valence-electron chi connectivity index (χ0n) is 11.2. The molecule has 0 radical (unpaired) electrons. The number of hydrogen-bond donors (Lipinski definition) is 2. The summed E-state index contributed by atoms with van der Waals surface area (Å²) in [6, 6.07) is 1.65. The molecule has 1 aliphatic rings. The van der Waals surface area contributed by atoms with Crippen molar-refractivity contribution in [1.29, 1.82) is 0 Å². The Hall–Kier alpha value is -1.85. The van der Waals surface area contributed by atoms with Crippen molar-refractivity contribution >= 4 is 11.8 Å². The Bertz CT molecular complexity index is 460. The van der Waals surface area contributed by atoms with Crippen LogP contribution in [0.5, 0.6) is 5.88 Å². The Labute approximate surface area is 112 Å². The maximum atomic E-state index is 10.9. The fourth-order valence-electron chi connectivity index (χ4n) is 2.05. The largest absolute Gasteiger partial charge is 0.481 e. The van der Waals surface area contributed by atoms with Gasteiger partial charge in [0.1, 0.15) is 11.6 Å². The zero-order valence-corrected chi connectivity index (χ0v) is 11.2. The van der Waals surface area contributed by atoms with E-state index in [1.807, 2.05) is 6.92 Å². The second-order valence-corrected chi connectivity index (χ2v) is 4.76. The van der Waals surface area contributed by atoms with Gasteiger partial charge in [0, 0.05) is 12.1 Å². The van der Waals surface area contributed by atoms with Crippen molar-refractivity contribution in [2.45, 2.75) is 39.2 Å². The lowest BCUT2D eigenvalue weighted by Crippen LogP contribution is -2.26. The van der Waals surface area contributed by atoms with Crippen LogP contribution in [0.4, 0.5) is 5.82 Å². The Morgan fingerprint density at radius 2 is 2.32 bits per heavy atom. The van der Waals surface area contributed by atoms with Crippen molar-refractivity contribution in [2.24, 2.45) is 5.92 Å². The van der Waals surface area contributed by atoms with Crippen molar-refractivity contribution in [3.63, 3.8) is 0 Å². The lowest BCUT2D eigenvalue weighted by atomic mass is 10.1. The van der Waals surface area contributed by atoms with Gasteiger partial charge in [0.05, 0.1) is 13.0 Å². The Morgan fingerprint density at radius 3 is 2.89 bits per heavy atom. The van der Waals surface area contributed by atoms with Crippen molar-refractivity contribution < 1.29 is 14.6 Å². The van der Waals surface area contributed by atoms with E-state index in [-0.39, 0.29) is 12.5 Å². The van der Waals surface area contributed by atoms with Gasteiger partial charge in [0.2, 0.25) is 5.88 Å². The van der Waals surface area contributed by atoms with Crippen LogP contribution in [0.1, 0.15) is 32.0 Å². The summed E-state index contributed by atoms with van der Waals surface area (Å²) in [5.74, 6) is 1.40. The van der Waals surface area contributed by atoms with Crippen LogP contribution in [0.3, 0.4) is 0 Å². The number of aromatic nitrogens is 2. The normalized spacial score (nSPS) is 15.9. The summed E-state index contributed by atoms with van der Waals surface area (Å²) in [4.78, 5) is 19.3. The summed E-state index contributed by atoms with van der Waals surface area (Å²) in [6.07, 6.45) is 2.26. The van der Waals surface area contributed by atoms with Gasteiger partial charge < -0.3 is 15.2 Å². The molecule has 0 saturated heterocycles. The smallest absolute Gasteiger partial charge is 0.305 e. The van der Waals surface area contributed by atoms with Crippen LogP contribution < -0.4 is 10.1 Å². The Kier molecular flexibility index (Phi) is 4.19. The highest BCUT2D eigenvalue weighted by atomic mass is 16.5. The molecule has 1 aliphatic carbocycles. The number of rotatable bonds is 7. The van der Waals surface area contributed by atoms with Crippen molar-refractivity contribution in [1.82, 2.24) is 9.97 Å². The van der Waals surface area contributed by atoms with Crippen LogP contribution >= 0.6 is 0 Å². The van der Waals surface area contributed by atoms with Crippen LogP contribution in [-0.4, -0.2) is 33.7 Å². The van der Waals surface area contributed by atoms with Gasteiger partial charge >= 0.3 is 5.97 Å². The Morgan fingerprint density at radius 1 is 1.58 bits per heavy atom. The van der Waals surface area contributed by atoms with E-state index in [1.165, 1.54) is 0 Å². The highest BCUT2D eigenvalue weighted by Gasteiger charge is 2.33. The average molecular weight is 265 g/mol. The van der Waals surface area contributed by atoms with Crippen LogP contribution in [0.2, 0.25) is 0 Å². The molecule has 6 nitrogen and oxygen atoms in total. The molecular weight excluding hydrogens is 246 g/mol. The molecule has 1 aromatic heterocycles. The van der Waals surface area contributed by atoms with E-state index in [2.05, 4.69) is 15.3 Å². The number of ether oxygens (including phenoxy) is 1. The highest BCUT2D eigenvalue weighted by Crippen LogP contribution is 2.35. The molecule has 2 N–H and O–H groups in total. The van der Waals surface area contributed by atoms with E-state index in [0.29, 0.717) is 30.0 Å². The van der Waals surface area contributed by atoms with Crippen molar-refractivity contribution in [3.05, 3.63) is 11.9 Å². The summed E-state index contributed by atoms with van der Waals surface area (Å²) in [6.45, 7) is 4.22. The second kappa shape index (κ2) is 5.86. The standard InChI is InChI=1S/C13H19N3O3/c1-3-19-12-7-11(14-8(2)15-12)16-10(6-13(17)18)9-4-5-9/h7,9-10H,3-6H2,1-2H3,(H,17,18)(H,14,15,16). The fraction of sp³-hybridized carbons (Fsp3) is 0.615. The van der Waals surface area contributed by atoms with E-state index in [9.17, 15) is 4.79 Å². The van der Waals surface area contributed by atoms with Gasteiger partial charge in [0.25, 0.3) is 0 Å². The maximum Gasteiger partial charge on any atom is 0.305 e. The molecular formula is C13H19N3O3. The van der Waals surface area contributed by atoms with E-state index < -0.39 is 5.97 Å². The SMILES string of the molecule is CCOc1cc(NC(CC(=O)O)C2CC2)nc(C)n1. The third-order valence-electron chi connectivity index (χ3n) is 3.03. The molecule has 0 spiro atoms. The average Bonchev–Trinajstić information content (AvgIpc) is 3.10. The highest BCUT2D eigenvalue weighted by molar-refractivity contribution is 5.68. The number of nitrogens with one attached hydrogen (secondary N) is 1. The Balaban J connectivity index is 2.09. The van der Waals surface area contributed by atoms with Gasteiger partial charge in [-0.1, -0.05) is 0 Å². The number of aliphatic carboxylic acids is 1. The number of hydrogen-bond acceptors (Lipinski definition) is 5. The monoisotopic (exact) mass is 265 g/mol. The number of carbonyl (C=O) groups is 1. The summed E-state index contributed by atoms with van der Waals surface area (Å²) >= 11 is 0. The molecule has 1 unspecified atom stereocenters. The van der Waals surface area contributed by atoms with E-state index in [0.717, 1.165) is 12.8 Å². The van der Waals surface area contributed by atoms with Crippen molar-refractivity contribution in [3.8, 4) is 5.88 Å². The number of aryl methyl sites for hydroxylation is 1. The minimum absolute atomic E-state index is 0.0683. The molecule has 6 heteroatoms. The van der Waals surface area contributed by atoms with E-state index in [1.54, 1.807) is 13.0 Å². The van der Waals surface area contributed by atoms with Gasteiger partial charge in [-0.05, 0) is 32.6 Å². The summed E-state index contributed by atoms with van der Waals surface area (Å²) in [5, 5.41) is 12.1. The summed E-state index contributed by atoms with van der Waals surface area (Å²) in [5.41, 5.74) is 0. The van der Waals surface area contributed by atoms with E-state index >= 15 is 0 Å². The van der Waals surface area contributed by atoms with Crippen molar-refractivity contribution in [2.75, 3.05) is 11.9 Å². The molecule has 0 aromatic carbocycles. The second-order valence-electron chi connectivity index (χ2n) is 4.76. The van der Waals surface area contributed by atoms with Crippen LogP contribution in [0.15, 0.2) is 6.07 Å². The first-order valence-corrected chi connectivity index (χ1v) is 6.55. The van der Waals surface area contributed by atoms with Gasteiger partial charge in [-0.15, -0.1) is 0 Å². The first-order chi connectivity index (χ1) is 9.08. The predicted molar refractivity (Wildman–Crippen MR) is 70.3 cm³/mol. The van der Waals surface area contributed by atoms with Crippen LogP contribution in [0.25, 0.3) is 0 Å². The van der Waals surface area contributed by atoms with Gasteiger partial charge in [-0.25, -0.2) is 4.98 Å². The quantitative estimate of drug-likeness (QED) is 0.782. The minimum atomic E-state index is -0.791. The lowest BCUT2D eigenvalue weighted by molar-refractivity contribution is -0.137. The summed E-state index contributed by atoms with van der Waals surface area (Å²) < 4.78 is 5.36. The van der Waals surface area contributed by atoms with Gasteiger partial charge in [0.15, 0.2) is 0 Å². The molecule has 1 aromatic rings. The molecule has 104 valence electrons.